The van der Waals surface area contributed by atoms with Crippen LogP contribution < -0.4 is 5.32 Å². The van der Waals surface area contributed by atoms with E-state index in [0.717, 1.165) is 17.4 Å². The lowest BCUT2D eigenvalue weighted by Gasteiger charge is -2.04. The zero-order chi connectivity index (χ0) is 18.9. The van der Waals surface area contributed by atoms with Crippen molar-refractivity contribution in [2.45, 2.75) is 18.7 Å². The molecular weight excluding hydrogens is 354 g/mol. The number of hydrogen-bond donors (Lipinski definition) is 1. The molecule has 0 radical (unpaired) electrons. The third-order valence-corrected chi connectivity index (χ3v) is 5.07. The van der Waals surface area contributed by atoms with Crippen molar-refractivity contribution in [3.8, 4) is 11.5 Å². The summed E-state index contributed by atoms with van der Waals surface area (Å²) >= 11 is 0. The lowest BCUT2D eigenvalue weighted by Crippen LogP contribution is -2.12. The molecule has 26 heavy (non-hydrogen) atoms. The number of rotatable bonds is 4. The van der Waals surface area contributed by atoms with Crippen LogP contribution in [0.15, 0.2) is 51.8 Å². The standard InChI is InChI=1S/C18H17N3O4S/c1-11-4-5-14(10-12(11)2)16(22)19-18-21-20-17(25-18)13-6-8-15(9-7-13)26(3,23)24/h4-10H,1-3H3,(H,19,21,22). The number of aromatic nitrogens is 2. The van der Waals surface area contributed by atoms with Crippen LogP contribution in [0.5, 0.6) is 0 Å². The van der Waals surface area contributed by atoms with Crippen LogP contribution in [0, 0.1) is 13.8 Å². The molecule has 7 nitrogen and oxygen atoms in total. The predicted molar refractivity (Wildman–Crippen MR) is 96.7 cm³/mol. The third-order valence-electron chi connectivity index (χ3n) is 3.94. The van der Waals surface area contributed by atoms with E-state index < -0.39 is 9.84 Å². The highest BCUT2D eigenvalue weighted by Crippen LogP contribution is 2.22. The third kappa shape index (κ3) is 3.80. The van der Waals surface area contributed by atoms with Gasteiger partial charge in [0.15, 0.2) is 9.84 Å². The van der Waals surface area contributed by atoms with Gasteiger partial charge < -0.3 is 4.42 Å². The molecule has 1 heterocycles. The molecule has 0 unspecified atom stereocenters. The number of nitrogens with zero attached hydrogens (tertiary/aromatic N) is 2. The normalized spacial score (nSPS) is 11.3. The number of carbonyl (C=O) groups is 1. The van der Waals surface area contributed by atoms with Crippen molar-refractivity contribution in [2.75, 3.05) is 11.6 Å². The van der Waals surface area contributed by atoms with Gasteiger partial charge in [-0.05, 0) is 61.4 Å². The van der Waals surface area contributed by atoms with Crippen molar-refractivity contribution < 1.29 is 17.6 Å². The molecule has 0 saturated carbocycles. The second-order valence-corrected chi connectivity index (χ2v) is 7.98. The van der Waals surface area contributed by atoms with Crippen LogP contribution in [0.2, 0.25) is 0 Å². The van der Waals surface area contributed by atoms with Gasteiger partial charge in [0, 0.05) is 17.4 Å². The van der Waals surface area contributed by atoms with E-state index in [0.29, 0.717) is 11.1 Å². The molecule has 1 N–H and O–H groups in total. The minimum atomic E-state index is -3.27. The van der Waals surface area contributed by atoms with Gasteiger partial charge >= 0.3 is 6.01 Å². The van der Waals surface area contributed by atoms with Gasteiger partial charge in [0.2, 0.25) is 5.89 Å². The van der Waals surface area contributed by atoms with Crippen molar-refractivity contribution in [1.29, 1.82) is 0 Å². The lowest BCUT2D eigenvalue weighted by molar-refractivity contribution is 0.102. The maximum atomic E-state index is 12.3. The predicted octanol–water partition coefficient (Wildman–Crippen LogP) is 3.01. The molecule has 0 spiro atoms. The van der Waals surface area contributed by atoms with E-state index in [-0.39, 0.29) is 22.7 Å². The number of hydrogen-bond acceptors (Lipinski definition) is 6. The second kappa shape index (κ2) is 6.72. The summed E-state index contributed by atoms with van der Waals surface area (Å²) in [5.74, 6) is -0.170. The topological polar surface area (TPSA) is 102 Å². The first-order valence-corrected chi connectivity index (χ1v) is 9.66. The molecule has 0 aliphatic heterocycles. The summed E-state index contributed by atoms with van der Waals surface area (Å²) in [6, 6.07) is 11.4. The van der Waals surface area contributed by atoms with E-state index in [1.54, 1.807) is 24.3 Å². The van der Waals surface area contributed by atoms with Gasteiger partial charge in [0.05, 0.1) is 4.90 Å². The fourth-order valence-electron chi connectivity index (χ4n) is 2.29. The fraction of sp³-hybridized carbons (Fsp3) is 0.167. The minimum Gasteiger partial charge on any atom is -0.403 e. The minimum absolute atomic E-state index is 0.0320. The Morgan fingerprint density at radius 3 is 2.31 bits per heavy atom. The molecular formula is C18H17N3O4S. The summed E-state index contributed by atoms with van der Waals surface area (Å²) in [5, 5.41) is 10.2. The Morgan fingerprint density at radius 2 is 1.69 bits per heavy atom. The summed E-state index contributed by atoms with van der Waals surface area (Å²) < 4.78 is 28.4. The summed E-state index contributed by atoms with van der Waals surface area (Å²) in [5.41, 5.74) is 3.15. The average molecular weight is 371 g/mol. The molecule has 134 valence electrons. The molecule has 0 saturated heterocycles. The van der Waals surface area contributed by atoms with Crippen LogP contribution in [0.3, 0.4) is 0 Å². The summed E-state index contributed by atoms with van der Waals surface area (Å²) in [6.45, 7) is 3.90. The Balaban J connectivity index is 1.77. The Morgan fingerprint density at radius 1 is 1.00 bits per heavy atom. The molecule has 3 rings (SSSR count). The molecule has 8 heteroatoms. The number of benzene rings is 2. The Kier molecular flexibility index (Phi) is 4.60. The van der Waals surface area contributed by atoms with Crippen LogP contribution >= 0.6 is 0 Å². The van der Waals surface area contributed by atoms with Crippen LogP contribution in [-0.4, -0.2) is 30.8 Å². The van der Waals surface area contributed by atoms with E-state index in [1.165, 1.54) is 12.1 Å². The molecule has 0 fully saturated rings. The van der Waals surface area contributed by atoms with Crippen LogP contribution in [0.4, 0.5) is 6.01 Å². The highest BCUT2D eigenvalue weighted by Gasteiger charge is 2.14. The van der Waals surface area contributed by atoms with E-state index in [4.69, 9.17) is 4.42 Å². The zero-order valence-corrected chi connectivity index (χ0v) is 15.3. The van der Waals surface area contributed by atoms with Gasteiger partial charge in [-0.25, -0.2) is 8.42 Å². The van der Waals surface area contributed by atoms with E-state index in [1.807, 2.05) is 19.9 Å². The number of anilines is 1. The first-order valence-electron chi connectivity index (χ1n) is 7.76. The summed E-state index contributed by atoms with van der Waals surface area (Å²) in [7, 11) is -3.27. The molecule has 0 aliphatic rings. The largest absolute Gasteiger partial charge is 0.403 e. The number of sulfone groups is 1. The number of carbonyl (C=O) groups excluding carboxylic acids is 1. The first-order chi connectivity index (χ1) is 12.2. The van der Waals surface area contributed by atoms with E-state index in [9.17, 15) is 13.2 Å². The molecule has 1 amide bonds. The van der Waals surface area contributed by atoms with Gasteiger partial charge in [-0.3, -0.25) is 10.1 Å². The van der Waals surface area contributed by atoms with Crippen molar-refractivity contribution in [2.24, 2.45) is 0 Å². The van der Waals surface area contributed by atoms with Crippen molar-refractivity contribution in [3.05, 3.63) is 59.2 Å². The van der Waals surface area contributed by atoms with Crippen LogP contribution in [-0.2, 0) is 9.84 Å². The summed E-state index contributed by atoms with van der Waals surface area (Å²) in [4.78, 5) is 12.5. The monoisotopic (exact) mass is 371 g/mol. The fourth-order valence-corrected chi connectivity index (χ4v) is 2.92. The van der Waals surface area contributed by atoms with E-state index in [2.05, 4.69) is 15.5 Å². The molecule has 2 aromatic carbocycles. The Labute approximate surface area is 151 Å². The molecule has 3 aromatic rings. The smallest absolute Gasteiger partial charge is 0.322 e. The highest BCUT2D eigenvalue weighted by molar-refractivity contribution is 7.90. The zero-order valence-electron chi connectivity index (χ0n) is 14.5. The number of nitrogens with one attached hydrogen (secondary N) is 1. The molecule has 0 atom stereocenters. The van der Waals surface area contributed by atoms with Gasteiger partial charge in [-0.1, -0.05) is 11.2 Å². The quantitative estimate of drug-likeness (QED) is 0.756. The maximum absolute atomic E-state index is 12.3. The van der Waals surface area contributed by atoms with Crippen LogP contribution in [0.25, 0.3) is 11.5 Å². The van der Waals surface area contributed by atoms with Crippen molar-refractivity contribution >= 4 is 21.8 Å². The first kappa shape index (κ1) is 17.8. The van der Waals surface area contributed by atoms with Crippen LogP contribution in [0.1, 0.15) is 21.5 Å². The average Bonchev–Trinajstić information content (AvgIpc) is 3.05. The molecule has 0 aliphatic carbocycles. The number of amides is 1. The van der Waals surface area contributed by atoms with Gasteiger partial charge in [-0.15, -0.1) is 5.10 Å². The maximum Gasteiger partial charge on any atom is 0.322 e. The van der Waals surface area contributed by atoms with Gasteiger partial charge in [0.25, 0.3) is 5.91 Å². The van der Waals surface area contributed by atoms with Gasteiger partial charge in [0.1, 0.15) is 0 Å². The SMILES string of the molecule is Cc1ccc(C(=O)Nc2nnc(-c3ccc(S(C)(=O)=O)cc3)o2)cc1C. The Hall–Kier alpha value is -3.00. The highest BCUT2D eigenvalue weighted by atomic mass is 32.2. The molecule has 1 aromatic heterocycles. The van der Waals surface area contributed by atoms with Crippen molar-refractivity contribution in [1.82, 2.24) is 10.2 Å². The molecule has 0 bridgehead atoms. The summed E-state index contributed by atoms with van der Waals surface area (Å²) in [6.07, 6.45) is 1.13. The second-order valence-electron chi connectivity index (χ2n) is 5.96. The number of aryl methyl sites for hydroxylation is 2. The Bertz CT molecular complexity index is 1070. The van der Waals surface area contributed by atoms with Crippen molar-refractivity contribution in [3.63, 3.8) is 0 Å². The van der Waals surface area contributed by atoms with Gasteiger partial charge in [-0.2, -0.15) is 0 Å². The van der Waals surface area contributed by atoms with E-state index >= 15 is 0 Å². The lowest BCUT2D eigenvalue weighted by atomic mass is 10.1.